The molecule has 6 rings (SSSR count). The molecule has 0 aliphatic carbocycles. The average molecular weight is 466 g/mol. The van der Waals surface area contributed by atoms with Crippen LogP contribution in [0, 0.1) is 0 Å². The van der Waals surface area contributed by atoms with Crippen LogP contribution < -0.4 is 9.64 Å². The van der Waals surface area contributed by atoms with Crippen molar-refractivity contribution in [2.75, 3.05) is 24.5 Å². The van der Waals surface area contributed by atoms with Crippen molar-refractivity contribution >= 4 is 21.6 Å². The molecule has 0 bridgehead atoms. The first-order valence-corrected chi connectivity index (χ1v) is 12.5. The third-order valence-corrected chi connectivity index (χ3v) is 8.36. The van der Waals surface area contributed by atoms with E-state index in [2.05, 4.69) is 10.3 Å². The summed E-state index contributed by atoms with van der Waals surface area (Å²) < 4.78 is 35.4. The molecule has 4 heterocycles. The van der Waals surface area contributed by atoms with Gasteiger partial charge in [-0.1, -0.05) is 23.4 Å². The fourth-order valence-corrected chi connectivity index (χ4v) is 6.35. The Hall–Kier alpha value is -3.24. The molecular formula is C23H23N5O4S. The Bertz CT molecular complexity index is 1330. The molecule has 0 unspecified atom stereocenters. The first kappa shape index (κ1) is 20.4. The van der Waals surface area contributed by atoms with Gasteiger partial charge in [-0.2, -0.15) is 4.31 Å². The number of ether oxygens (including phenoxy) is 1. The maximum absolute atomic E-state index is 13.3. The molecule has 33 heavy (non-hydrogen) atoms. The third kappa shape index (κ3) is 3.50. The highest BCUT2D eigenvalue weighted by molar-refractivity contribution is 7.89. The molecule has 0 atom stereocenters. The number of para-hydroxylation sites is 1. The first-order valence-electron chi connectivity index (χ1n) is 11.0. The van der Waals surface area contributed by atoms with Crippen LogP contribution in [-0.2, 0) is 34.3 Å². The number of carbonyl (C=O) groups excluding carboxylic acids is 1. The van der Waals surface area contributed by atoms with E-state index in [1.165, 1.54) is 4.31 Å². The maximum atomic E-state index is 13.3. The molecule has 1 aromatic heterocycles. The van der Waals surface area contributed by atoms with E-state index in [0.717, 1.165) is 22.6 Å². The third-order valence-electron chi connectivity index (χ3n) is 6.55. The van der Waals surface area contributed by atoms with Crippen LogP contribution in [0.5, 0.6) is 5.75 Å². The molecule has 10 heteroatoms. The van der Waals surface area contributed by atoms with Crippen LogP contribution in [0.15, 0.2) is 53.6 Å². The number of aryl methyl sites for hydroxylation is 1. The smallest absolute Gasteiger partial charge is 0.243 e. The molecule has 3 aliphatic rings. The Labute approximate surface area is 191 Å². The van der Waals surface area contributed by atoms with Gasteiger partial charge >= 0.3 is 0 Å². The Morgan fingerprint density at radius 1 is 1.03 bits per heavy atom. The number of hydrogen-bond donors (Lipinski definition) is 0. The summed E-state index contributed by atoms with van der Waals surface area (Å²) in [6.45, 7) is 1.64. The number of sulfonamides is 1. The maximum Gasteiger partial charge on any atom is 0.243 e. The van der Waals surface area contributed by atoms with Gasteiger partial charge in [0.25, 0.3) is 0 Å². The second kappa shape index (κ2) is 7.67. The summed E-state index contributed by atoms with van der Waals surface area (Å²) >= 11 is 0. The lowest BCUT2D eigenvalue weighted by molar-refractivity contribution is -0.118. The summed E-state index contributed by atoms with van der Waals surface area (Å²) in [5.74, 6) is 0.887. The van der Waals surface area contributed by atoms with Crippen LogP contribution in [0.1, 0.15) is 29.3 Å². The van der Waals surface area contributed by atoms with Gasteiger partial charge in [-0.05, 0) is 48.2 Å². The Balaban J connectivity index is 1.13. The zero-order valence-corrected chi connectivity index (χ0v) is 18.7. The molecule has 3 aliphatic heterocycles. The van der Waals surface area contributed by atoms with Gasteiger partial charge in [-0.25, -0.2) is 13.1 Å². The lowest BCUT2D eigenvalue weighted by Gasteiger charge is -2.37. The average Bonchev–Trinajstić information content (AvgIpc) is 3.43. The number of nitrogens with zero attached hydrogens (tertiary/aromatic N) is 5. The Kier molecular flexibility index (Phi) is 4.73. The van der Waals surface area contributed by atoms with Crippen LogP contribution in [0.2, 0.25) is 0 Å². The largest absolute Gasteiger partial charge is 0.487 e. The quantitative estimate of drug-likeness (QED) is 0.552. The molecule has 0 radical (unpaired) electrons. The summed E-state index contributed by atoms with van der Waals surface area (Å²) in [7, 11) is -3.60. The zero-order valence-electron chi connectivity index (χ0n) is 17.9. The zero-order chi connectivity index (χ0) is 22.6. The van der Waals surface area contributed by atoms with Crippen molar-refractivity contribution in [2.45, 2.75) is 36.8 Å². The molecule has 3 aromatic rings. The SMILES string of the molecule is O=C1CCc2cc(S(=O)(=O)N3CC(n4cc(COc5ccccc5)nn4)C3)cc3c2N1CC3. The van der Waals surface area contributed by atoms with Gasteiger partial charge < -0.3 is 9.64 Å². The summed E-state index contributed by atoms with van der Waals surface area (Å²) in [6, 6.07) is 12.9. The number of aromatic nitrogens is 3. The second-order valence-corrected chi connectivity index (χ2v) is 10.6. The van der Waals surface area contributed by atoms with Gasteiger partial charge in [0.05, 0.1) is 22.8 Å². The predicted octanol–water partition coefficient (Wildman–Crippen LogP) is 1.94. The molecule has 2 aromatic carbocycles. The molecule has 170 valence electrons. The molecule has 0 spiro atoms. The number of carbonyl (C=O) groups is 1. The van der Waals surface area contributed by atoms with E-state index >= 15 is 0 Å². The minimum absolute atomic E-state index is 0.0568. The molecule has 9 nitrogen and oxygen atoms in total. The number of benzene rings is 2. The van der Waals surface area contributed by atoms with E-state index in [4.69, 9.17) is 4.74 Å². The van der Waals surface area contributed by atoms with Crippen molar-refractivity contribution in [2.24, 2.45) is 0 Å². The van der Waals surface area contributed by atoms with Crippen molar-refractivity contribution < 1.29 is 17.9 Å². The molecule has 1 fully saturated rings. The normalized spacial score (nSPS) is 18.3. The highest BCUT2D eigenvalue weighted by Crippen LogP contribution is 2.39. The summed E-state index contributed by atoms with van der Waals surface area (Å²) in [5.41, 5.74) is 3.53. The van der Waals surface area contributed by atoms with Gasteiger partial charge in [0.1, 0.15) is 18.1 Å². The van der Waals surface area contributed by atoms with Crippen LogP contribution >= 0.6 is 0 Å². The van der Waals surface area contributed by atoms with Crippen LogP contribution in [0.3, 0.4) is 0 Å². The highest BCUT2D eigenvalue weighted by atomic mass is 32.2. The van der Waals surface area contributed by atoms with Crippen molar-refractivity contribution in [3.63, 3.8) is 0 Å². The Morgan fingerprint density at radius 3 is 2.58 bits per heavy atom. The molecule has 0 saturated carbocycles. The van der Waals surface area contributed by atoms with Gasteiger partial charge in [0.15, 0.2) is 0 Å². The molecule has 1 saturated heterocycles. The fraction of sp³-hybridized carbons (Fsp3) is 0.348. The highest BCUT2D eigenvalue weighted by Gasteiger charge is 2.40. The van der Waals surface area contributed by atoms with Crippen molar-refractivity contribution in [1.82, 2.24) is 19.3 Å². The Morgan fingerprint density at radius 2 is 1.79 bits per heavy atom. The monoisotopic (exact) mass is 465 g/mol. The molecule has 1 amide bonds. The lowest BCUT2D eigenvalue weighted by Crippen LogP contribution is -2.50. The minimum atomic E-state index is -3.60. The topological polar surface area (TPSA) is 97.6 Å². The van der Waals surface area contributed by atoms with Crippen molar-refractivity contribution in [3.8, 4) is 5.75 Å². The van der Waals surface area contributed by atoms with Crippen LogP contribution in [0.4, 0.5) is 5.69 Å². The standard InChI is InChI=1S/C23H23N5O4S/c29-22-7-6-16-10-21(11-17-8-9-27(22)23(16)17)33(30,31)26-13-19(14-26)28-12-18(24-25-28)15-32-20-4-2-1-3-5-20/h1-5,10-12,19H,6-9,13-15H2. The number of amides is 1. The number of hydrogen-bond acceptors (Lipinski definition) is 6. The first-order chi connectivity index (χ1) is 16.0. The van der Waals surface area contributed by atoms with Crippen LogP contribution in [-0.4, -0.2) is 53.3 Å². The van der Waals surface area contributed by atoms with Crippen LogP contribution in [0.25, 0.3) is 0 Å². The lowest BCUT2D eigenvalue weighted by atomic mass is 10.00. The number of anilines is 1. The van der Waals surface area contributed by atoms with Crippen molar-refractivity contribution in [3.05, 3.63) is 65.5 Å². The van der Waals surface area contributed by atoms with E-state index in [1.807, 2.05) is 36.5 Å². The van der Waals surface area contributed by atoms with E-state index in [9.17, 15) is 13.2 Å². The van der Waals surface area contributed by atoms with Crippen molar-refractivity contribution in [1.29, 1.82) is 0 Å². The molecule has 0 N–H and O–H groups in total. The fourth-order valence-electron chi connectivity index (χ4n) is 4.74. The predicted molar refractivity (Wildman–Crippen MR) is 119 cm³/mol. The van der Waals surface area contributed by atoms with E-state index in [1.54, 1.807) is 21.7 Å². The van der Waals surface area contributed by atoms with E-state index in [0.29, 0.717) is 56.1 Å². The van der Waals surface area contributed by atoms with E-state index < -0.39 is 10.0 Å². The number of rotatable bonds is 6. The van der Waals surface area contributed by atoms with Gasteiger partial charge in [0.2, 0.25) is 15.9 Å². The molecular weight excluding hydrogens is 442 g/mol. The second-order valence-electron chi connectivity index (χ2n) is 8.65. The minimum Gasteiger partial charge on any atom is -0.487 e. The summed E-state index contributed by atoms with van der Waals surface area (Å²) in [5, 5.41) is 8.31. The van der Waals surface area contributed by atoms with Gasteiger partial charge in [0, 0.05) is 26.1 Å². The van der Waals surface area contributed by atoms with E-state index in [-0.39, 0.29) is 11.9 Å². The summed E-state index contributed by atoms with van der Waals surface area (Å²) in [6.07, 6.45) is 3.54. The van der Waals surface area contributed by atoms with Gasteiger partial charge in [-0.3, -0.25) is 4.79 Å². The van der Waals surface area contributed by atoms with Gasteiger partial charge in [-0.15, -0.1) is 5.10 Å². The summed E-state index contributed by atoms with van der Waals surface area (Å²) in [4.78, 5) is 14.3.